The largest absolute Gasteiger partial charge is 0.372 e. The SMILES string of the molecule is CCN(CC)c1ccc(CNC(=O)CN(c2ccc(Cl)cc2C)S(C)(=O)=O)cc1. The third kappa shape index (κ3) is 6.37. The van der Waals surface area contributed by atoms with Crippen LogP contribution in [0, 0.1) is 6.92 Å². The normalized spacial score (nSPS) is 11.2. The van der Waals surface area contributed by atoms with E-state index >= 15 is 0 Å². The number of amides is 1. The zero-order valence-electron chi connectivity index (χ0n) is 17.3. The molecular formula is C21H28ClN3O3S. The van der Waals surface area contributed by atoms with Crippen molar-refractivity contribution in [1.29, 1.82) is 0 Å². The van der Waals surface area contributed by atoms with E-state index in [0.717, 1.165) is 34.9 Å². The van der Waals surface area contributed by atoms with Crippen molar-refractivity contribution in [3.05, 3.63) is 58.6 Å². The number of carbonyl (C=O) groups is 1. The lowest BCUT2D eigenvalue weighted by atomic mass is 10.2. The van der Waals surface area contributed by atoms with E-state index in [2.05, 4.69) is 24.1 Å². The molecule has 0 spiro atoms. The van der Waals surface area contributed by atoms with E-state index in [1.165, 1.54) is 0 Å². The van der Waals surface area contributed by atoms with E-state index < -0.39 is 10.0 Å². The molecule has 0 aliphatic heterocycles. The summed E-state index contributed by atoms with van der Waals surface area (Å²) in [5, 5.41) is 3.31. The Morgan fingerprint density at radius 2 is 1.69 bits per heavy atom. The number of rotatable bonds is 9. The third-order valence-corrected chi connectivity index (χ3v) is 6.03. The van der Waals surface area contributed by atoms with Crippen LogP contribution in [0.15, 0.2) is 42.5 Å². The fourth-order valence-corrected chi connectivity index (χ4v) is 4.22. The van der Waals surface area contributed by atoms with Crippen LogP contribution in [0.2, 0.25) is 5.02 Å². The smallest absolute Gasteiger partial charge is 0.241 e. The average molecular weight is 438 g/mol. The number of benzene rings is 2. The lowest BCUT2D eigenvalue weighted by molar-refractivity contribution is -0.119. The van der Waals surface area contributed by atoms with Crippen molar-refractivity contribution in [3.63, 3.8) is 0 Å². The van der Waals surface area contributed by atoms with E-state index in [4.69, 9.17) is 11.6 Å². The lowest BCUT2D eigenvalue weighted by Crippen LogP contribution is -2.40. The first-order chi connectivity index (χ1) is 13.7. The summed E-state index contributed by atoms with van der Waals surface area (Å²) in [5.74, 6) is -0.377. The molecule has 2 aromatic rings. The molecule has 0 heterocycles. The molecule has 0 radical (unpaired) electrons. The van der Waals surface area contributed by atoms with E-state index in [-0.39, 0.29) is 12.5 Å². The summed E-state index contributed by atoms with van der Waals surface area (Å²) >= 11 is 5.96. The van der Waals surface area contributed by atoms with Crippen molar-refractivity contribution < 1.29 is 13.2 Å². The van der Waals surface area contributed by atoms with Gasteiger partial charge in [0.1, 0.15) is 6.54 Å². The van der Waals surface area contributed by atoms with Crippen LogP contribution in [0.4, 0.5) is 11.4 Å². The topological polar surface area (TPSA) is 69.7 Å². The van der Waals surface area contributed by atoms with Crippen molar-refractivity contribution in [2.45, 2.75) is 27.3 Å². The minimum Gasteiger partial charge on any atom is -0.372 e. The van der Waals surface area contributed by atoms with Gasteiger partial charge in [-0.1, -0.05) is 23.7 Å². The number of nitrogens with zero attached hydrogens (tertiary/aromatic N) is 2. The average Bonchev–Trinajstić information content (AvgIpc) is 2.66. The Balaban J connectivity index is 2.05. The summed E-state index contributed by atoms with van der Waals surface area (Å²) in [6.07, 6.45) is 1.08. The minimum absolute atomic E-state index is 0.293. The second-order valence-corrected chi connectivity index (χ2v) is 9.16. The molecule has 1 N–H and O–H groups in total. The quantitative estimate of drug-likeness (QED) is 0.651. The summed E-state index contributed by atoms with van der Waals surface area (Å²) in [4.78, 5) is 14.7. The van der Waals surface area contributed by atoms with Gasteiger partial charge in [-0.05, 0) is 62.2 Å². The summed E-state index contributed by atoms with van der Waals surface area (Å²) < 4.78 is 25.6. The van der Waals surface area contributed by atoms with E-state index in [1.54, 1.807) is 25.1 Å². The van der Waals surface area contributed by atoms with Crippen molar-refractivity contribution >= 4 is 38.9 Å². The van der Waals surface area contributed by atoms with Crippen molar-refractivity contribution in [3.8, 4) is 0 Å². The van der Waals surface area contributed by atoms with Crippen LogP contribution >= 0.6 is 11.6 Å². The predicted octanol–water partition coefficient (Wildman–Crippen LogP) is 3.58. The number of nitrogens with one attached hydrogen (secondary N) is 1. The molecule has 1 amide bonds. The highest BCUT2D eigenvalue weighted by atomic mass is 35.5. The molecule has 0 bridgehead atoms. The van der Waals surface area contributed by atoms with Crippen LogP contribution in [0.1, 0.15) is 25.0 Å². The number of halogens is 1. The van der Waals surface area contributed by atoms with Gasteiger partial charge in [0.25, 0.3) is 0 Å². The molecule has 0 fully saturated rings. The number of hydrogen-bond donors (Lipinski definition) is 1. The summed E-state index contributed by atoms with van der Waals surface area (Å²) in [6.45, 7) is 7.86. The predicted molar refractivity (Wildman–Crippen MR) is 120 cm³/mol. The lowest BCUT2D eigenvalue weighted by Gasteiger charge is -2.24. The summed E-state index contributed by atoms with van der Waals surface area (Å²) in [7, 11) is -3.63. The summed E-state index contributed by atoms with van der Waals surface area (Å²) in [5.41, 5.74) is 3.20. The van der Waals surface area contributed by atoms with Crippen molar-refractivity contribution in [1.82, 2.24) is 5.32 Å². The Hall–Kier alpha value is -2.25. The molecule has 6 nitrogen and oxygen atoms in total. The third-order valence-electron chi connectivity index (χ3n) is 4.67. The van der Waals surface area contributed by atoms with Gasteiger partial charge in [0, 0.05) is 30.3 Å². The van der Waals surface area contributed by atoms with Crippen LogP contribution in [0.3, 0.4) is 0 Å². The van der Waals surface area contributed by atoms with Gasteiger partial charge >= 0.3 is 0 Å². The minimum atomic E-state index is -3.63. The number of hydrogen-bond acceptors (Lipinski definition) is 4. The molecule has 0 unspecified atom stereocenters. The number of anilines is 2. The fraction of sp³-hybridized carbons (Fsp3) is 0.381. The molecule has 0 saturated carbocycles. The fourth-order valence-electron chi connectivity index (χ4n) is 3.08. The van der Waals surface area contributed by atoms with Gasteiger partial charge in [0.05, 0.1) is 11.9 Å². The van der Waals surface area contributed by atoms with Gasteiger partial charge in [-0.25, -0.2) is 8.42 Å². The Morgan fingerprint density at radius 1 is 1.07 bits per heavy atom. The Labute approximate surface area is 178 Å². The zero-order chi connectivity index (χ0) is 21.6. The monoisotopic (exact) mass is 437 g/mol. The van der Waals surface area contributed by atoms with Gasteiger partial charge in [-0.3, -0.25) is 9.10 Å². The summed E-state index contributed by atoms with van der Waals surface area (Å²) in [6, 6.07) is 12.9. The van der Waals surface area contributed by atoms with Crippen LogP contribution in [-0.4, -0.2) is 40.2 Å². The maximum Gasteiger partial charge on any atom is 0.241 e. The highest BCUT2D eigenvalue weighted by Crippen LogP contribution is 2.25. The molecular weight excluding hydrogens is 410 g/mol. The van der Waals surface area contributed by atoms with Crippen LogP contribution in [0.5, 0.6) is 0 Å². The second-order valence-electron chi connectivity index (χ2n) is 6.82. The Kier molecular flexibility index (Phi) is 7.93. The van der Waals surface area contributed by atoms with Gasteiger partial charge in [0.2, 0.25) is 15.9 Å². The molecule has 0 aromatic heterocycles. The van der Waals surface area contributed by atoms with Crippen molar-refractivity contribution in [2.75, 3.05) is 35.1 Å². The number of aryl methyl sites for hydroxylation is 1. The van der Waals surface area contributed by atoms with Gasteiger partial charge in [0.15, 0.2) is 0 Å². The van der Waals surface area contributed by atoms with E-state index in [1.807, 2.05) is 24.3 Å². The Bertz CT molecular complexity index is 942. The van der Waals surface area contributed by atoms with E-state index in [0.29, 0.717) is 22.8 Å². The van der Waals surface area contributed by atoms with Gasteiger partial charge in [-0.15, -0.1) is 0 Å². The van der Waals surface area contributed by atoms with Crippen LogP contribution in [-0.2, 0) is 21.4 Å². The second kappa shape index (κ2) is 9.98. The molecule has 2 aromatic carbocycles. The molecule has 29 heavy (non-hydrogen) atoms. The molecule has 0 aliphatic carbocycles. The molecule has 0 aliphatic rings. The van der Waals surface area contributed by atoms with Gasteiger partial charge < -0.3 is 10.2 Å². The molecule has 0 saturated heterocycles. The molecule has 2 rings (SSSR count). The molecule has 158 valence electrons. The number of carbonyl (C=O) groups excluding carboxylic acids is 1. The van der Waals surface area contributed by atoms with E-state index in [9.17, 15) is 13.2 Å². The zero-order valence-corrected chi connectivity index (χ0v) is 18.8. The molecule has 8 heteroatoms. The first-order valence-corrected chi connectivity index (χ1v) is 11.7. The van der Waals surface area contributed by atoms with Crippen LogP contribution < -0.4 is 14.5 Å². The van der Waals surface area contributed by atoms with Crippen molar-refractivity contribution in [2.24, 2.45) is 0 Å². The molecule has 0 atom stereocenters. The standard InChI is InChI=1S/C21H28ClN3O3S/c1-5-24(6-2)19-10-7-17(8-11-19)14-23-21(26)15-25(29(4,27)28)20-12-9-18(22)13-16(20)3/h7-13H,5-6,14-15H2,1-4H3,(H,23,26). The first kappa shape index (κ1) is 23.0. The maximum absolute atomic E-state index is 12.4. The first-order valence-electron chi connectivity index (χ1n) is 9.50. The Morgan fingerprint density at radius 3 is 2.21 bits per heavy atom. The maximum atomic E-state index is 12.4. The van der Waals surface area contributed by atoms with Crippen LogP contribution in [0.25, 0.3) is 0 Å². The highest BCUT2D eigenvalue weighted by Gasteiger charge is 2.22. The van der Waals surface area contributed by atoms with Gasteiger partial charge in [-0.2, -0.15) is 0 Å². The number of sulfonamides is 1. The highest BCUT2D eigenvalue weighted by molar-refractivity contribution is 7.92.